The second kappa shape index (κ2) is 29.7. The SMILES string of the molecule is Cc1c(C)c(C)c(C)c(C)c1C.Cc1cc(C)c(C)c(C)c1.Cc1cc(C)c(C)c(C)c1C.Cc1cc(C)c(C)c(C)c1C.Cc1cc(C)c(C)c(C)c1C.Cc1cc(C)c(C)cc1C.Cc1ccc(C)c(C)c1C. The van der Waals surface area contributed by atoms with Crippen LogP contribution in [0.15, 0.2) is 54.6 Å². The van der Waals surface area contributed by atoms with Gasteiger partial charge >= 0.3 is 0 Å². The smallest absolute Gasteiger partial charge is 0.0392 e. The molecule has 7 rings (SSSR count). The lowest BCUT2D eigenvalue weighted by molar-refractivity contribution is 1.13. The van der Waals surface area contributed by atoms with Crippen LogP contribution >= 0.6 is 0 Å². The van der Waals surface area contributed by atoms with Crippen LogP contribution in [-0.4, -0.2) is 0 Å². The molecule has 408 valence electrons. The molecule has 75 heavy (non-hydrogen) atoms. The molecule has 0 amide bonds. The molecular weight excluding hydrogens is 901 g/mol. The van der Waals surface area contributed by atoms with Crippen LogP contribution in [0, 0.1) is 228 Å². The molecule has 7 aromatic carbocycles. The minimum atomic E-state index is 1.36. The summed E-state index contributed by atoms with van der Waals surface area (Å²) in [5.41, 5.74) is 46.9. The third kappa shape index (κ3) is 18.7. The van der Waals surface area contributed by atoms with Crippen molar-refractivity contribution < 1.29 is 0 Å². The van der Waals surface area contributed by atoms with E-state index in [0.717, 1.165) is 0 Å². The molecule has 0 radical (unpaired) electrons. The number of hydrogen-bond acceptors (Lipinski definition) is 0. The van der Waals surface area contributed by atoms with E-state index in [9.17, 15) is 0 Å². The van der Waals surface area contributed by atoms with E-state index in [1.165, 1.54) is 184 Å². The summed E-state index contributed by atoms with van der Waals surface area (Å²) in [7, 11) is 0. The molecule has 0 aliphatic rings. The molecule has 0 unspecified atom stereocenters. The van der Waals surface area contributed by atoms with Crippen LogP contribution in [0.25, 0.3) is 0 Å². The van der Waals surface area contributed by atoms with Gasteiger partial charge in [-0.15, -0.1) is 0 Å². The minimum absolute atomic E-state index is 1.36. The van der Waals surface area contributed by atoms with Crippen molar-refractivity contribution in [2.75, 3.05) is 0 Å². The van der Waals surface area contributed by atoms with Gasteiger partial charge in [-0.2, -0.15) is 0 Å². The lowest BCUT2D eigenvalue weighted by Gasteiger charge is -2.15. The van der Waals surface area contributed by atoms with Gasteiger partial charge in [0.15, 0.2) is 0 Å². The fourth-order valence-corrected chi connectivity index (χ4v) is 9.38. The molecule has 0 spiro atoms. The second-order valence-electron chi connectivity index (χ2n) is 22.9. The van der Waals surface area contributed by atoms with E-state index in [1.807, 2.05) is 0 Å². The lowest BCUT2D eigenvalue weighted by Crippen LogP contribution is -1.98. The highest BCUT2D eigenvalue weighted by Crippen LogP contribution is 2.26. The Balaban J connectivity index is 0.000000438. The van der Waals surface area contributed by atoms with Crippen LogP contribution in [0.2, 0.25) is 0 Å². The summed E-state index contributed by atoms with van der Waals surface area (Å²) in [5.74, 6) is 0. The molecule has 7 aromatic rings. The van der Waals surface area contributed by atoms with Crippen molar-refractivity contribution >= 4 is 0 Å². The summed E-state index contributed by atoms with van der Waals surface area (Å²) in [4.78, 5) is 0. The van der Waals surface area contributed by atoms with E-state index in [1.54, 1.807) is 0 Å². The lowest BCUT2D eigenvalue weighted by atomic mass is 9.90. The van der Waals surface area contributed by atoms with E-state index in [2.05, 4.69) is 283 Å². The number of benzene rings is 7. The first-order valence-corrected chi connectivity index (χ1v) is 27.7. The number of aryl methyl sites for hydroxylation is 15. The molecule has 0 N–H and O–H groups in total. The van der Waals surface area contributed by atoms with Gasteiger partial charge < -0.3 is 0 Å². The summed E-state index contributed by atoms with van der Waals surface area (Å²) in [5, 5.41) is 0. The molecule has 0 saturated carbocycles. The Hall–Kier alpha value is -5.46. The highest BCUT2D eigenvalue weighted by Gasteiger charge is 2.09. The van der Waals surface area contributed by atoms with Crippen molar-refractivity contribution in [1.29, 1.82) is 0 Å². The van der Waals surface area contributed by atoms with Gasteiger partial charge in [0.05, 0.1) is 0 Å². The molecule has 0 heteroatoms. The van der Waals surface area contributed by atoms with E-state index in [4.69, 9.17) is 0 Å². The highest BCUT2D eigenvalue weighted by atomic mass is 14.1. The first kappa shape index (κ1) is 67.6. The zero-order chi connectivity index (χ0) is 58.4. The van der Waals surface area contributed by atoms with E-state index >= 15 is 0 Å². The molecule has 0 atom stereocenters. The molecule has 0 fully saturated rings. The summed E-state index contributed by atoms with van der Waals surface area (Å²) in [6.45, 7) is 72.0. The van der Waals surface area contributed by atoms with E-state index in [0.29, 0.717) is 0 Å². The van der Waals surface area contributed by atoms with Crippen LogP contribution in [-0.2, 0) is 0 Å². The van der Waals surface area contributed by atoms with Gasteiger partial charge in [-0.05, 0) is 407 Å². The minimum Gasteiger partial charge on any atom is -0.0588 e. The van der Waals surface area contributed by atoms with E-state index < -0.39 is 0 Å². The maximum atomic E-state index is 2.26. The van der Waals surface area contributed by atoms with Gasteiger partial charge in [-0.25, -0.2) is 0 Å². The van der Waals surface area contributed by atoms with Crippen LogP contribution < -0.4 is 0 Å². The van der Waals surface area contributed by atoms with Crippen LogP contribution in [0.5, 0.6) is 0 Å². The average molecular weight is 1010 g/mol. The van der Waals surface area contributed by atoms with Gasteiger partial charge in [-0.1, -0.05) is 60.2 Å². The van der Waals surface area contributed by atoms with Crippen molar-refractivity contribution in [1.82, 2.24) is 0 Å². The van der Waals surface area contributed by atoms with Crippen molar-refractivity contribution in [3.8, 4) is 0 Å². The van der Waals surface area contributed by atoms with Gasteiger partial charge in [0.2, 0.25) is 0 Å². The maximum Gasteiger partial charge on any atom is -0.0392 e. The third-order valence-electron chi connectivity index (χ3n) is 18.1. The standard InChI is InChI=1S/C12H18.3C11H16.3C10H14/c1-7-8(2)10(4)12(6)11(5)9(7)3;3*1-7-6-8(2)10(4)11(5)9(7)3;1-7-5-9(3)10(4)6-8(7)2;1-7-5-8(2)10(4)9(3)6-7;1-7-5-6-8(2)10(4)9(7)3/h1-6H3;3*6H,1-5H3;3*5-6H,1-4H3. The first-order chi connectivity index (χ1) is 34.4. The Kier molecular flexibility index (Phi) is 26.8. The van der Waals surface area contributed by atoms with Gasteiger partial charge in [0, 0.05) is 0 Å². The average Bonchev–Trinajstić information content (AvgIpc) is 3.36. The molecule has 0 saturated heterocycles. The van der Waals surface area contributed by atoms with Gasteiger partial charge in [-0.3, -0.25) is 0 Å². The van der Waals surface area contributed by atoms with Crippen molar-refractivity contribution in [2.45, 2.75) is 228 Å². The first-order valence-electron chi connectivity index (χ1n) is 27.7. The molecular formula is C75H108. The second-order valence-corrected chi connectivity index (χ2v) is 22.9. The molecule has 0 nitrogen and oxygen atoms in total. The topological polar surface area (TPSA) is 0 Å². The Morgan fingerprint density at radius 2 is 0.253 bits per heavy atom. The molecule has 0 bridgehead atoms. The molecule has 0 aromatic heterocycles. The molecule has 0 aliphatic carbocycles. The van der Waals surface area contributed by atoms with Crippen LogP contribution in [0.4, 0.5) is 0 Å². The third-order valence-corrected chi connectivity index (χ3v) is 18.1. The zero-order valence-electron chi connectivity index (χ0n) is 54.7. The zero-order valence-corrected chi connectivity index (χ0v) is 54.7. The summed E-state index contributed by atoms with van der Waals surface area (Å²) >= 11 is 0. The predicted molar refractivity (Wildman–Crippen MR) is 341 cm³/mol. The Morgan fingerprint density at radius 1 is 0.120 bits per heavy atom. The van der Waals surface area contributed by atoms with Gasteiger partial charge in [0.25, 0.3) is 0 Å². The Morgan fingerprint density at radius 3 is 0.440 bits per heavy atom. The van der Waals surface area contributed by atoms with Gasteiger partial charge in [0.1, 0.15) is 0 Å². The van der Waals surface area contributed by atoms with Crippen molar-refractivity contribution in [3.05, 3.63) is 238 Å². The highest BCUT2D eigenvalue weighted by molar-refractivity contribution is 5.49. The molecule has 0 heterocycles. The number of hydrogen-bond donors (Lipinski definition) is 0. The summed E-state index contributed by atoms with van der Waals surface area (Å²) in [6.07, 6.45) is 0. The summed E-state index contributed by atoms with van der Waals surface area (Å²) < 4.78 is 0. The summed E-state index contributed by atoms with van der Waals surface area (Å²) in [6, 6.07) is 20.1. The fraction of sp³-hybridized carbons (Fsp3) is 0.440. The van der Waals surface area contributed by atoms with Crippen LogP contribution in [0.1, 0.15) is 184 Å². The van der Waals surface area contributed by atoms with Crippen LogP contribution in [0.3, 0.4) is 0 Å². The predicted octanol–water partition coefficient (Wildman–Crippen LogP) is 22.0. The van der Waals surface area contributed by atoms with E-state index in [-0.39, 0.29) is 0 Å². The maximum absolute atomic E-state index is 2.26. The van der Waals surface area contributed by atoms with Crippen molar-refractivity contribution in [3.63, 3.8) is 0 Å². The Labute approximate surface area is 464 Å². The monoisotopic (exact) mass is 1010 g/mol. The Bertz CT molecular complexity index is 2650. The fourth-order valence-electron chi connectivity index (χ4n) is 9.38. The normalized spacial score (nSPS) is 10.2. The largest absolute Gasteiger partial charge is 0.0588 e. The quantitative estimate of drug-likeness (QED) is 0.142. The van der Waals surface area contributed by atoms with Crippen molar-refractivity contribution in [2.24, 2.45) is 0 Å². The molecule has 0 aliphatic heterocycles. The number of rotatable bonds is 0.